The quantitative estimate of drug-likeness (QED) is 0.233. The molecule has 3 heterocycles. The number of aromatic nitrogens is 4. The average molecular weight is 543 g/mol. The first-order valence-electron chi connectivity index (χ1n) is 12.6. The van der Waals surface area contributed by atoms with Crippen molar-refractivity contribution in [2.24, 2.45) is 7.05 Å². The lowest BCUT2D eigenvalue weighted by atomic mass is 10.0. The third kappa shape index (κ3) is 4.59. The molecule has 3 aromatic heterocycles. The molecule has 0 spiro atoms. The molecule has 6 rings (SSSR count). The Morgan fingerprint density at radius 2 is 1.59 bits per heavy atom. The van der Waals surface area contributed by atoms with Gasteiger partial charge in [0.05, 0.1) is 22.3 Å². The van der Waals surface area contributed by atoms with Crippen LogP contribution in [-0.2, 0) is 20.2 Å². The second kappa shape index (κ2) is 10.4. The van der Waals surface area contributed by atoms with Crippen molar-refractivity contribution in [3.63, 3.8) is 0 Å². The van der Waals surface area contributed by atoms with Crippen molar-refractivity contribution in [2.75, 3.05) is 0 Å². The second-order valence-corrected chi connectivity index (χ2v) is 9.38. The fourth-order valence-electron chi connectivity index (χ4n) is 5.10. The minimum Gasteiger partial charge on any atom is -0.485 e. The van der Waals surface area contributed by atoms with Gasteiger partial charge in [-0.1, -0.05) is 42.5 Å². The van der Waals surface area contributed by atoms with Gasteiger partial charge in [-0.2, -0.15) is 0 Å². The number of nitrogens with zero attached hydrogens (tertiary/aromatic N) is 4. The van der Waals surface area contributed by atoms with Crippen LogP contribution < -0.4 is 10.3 Å². The van der Waals surface area contributed by atoms with E-state index in [4.69, 9.17) is 9.72 Å². The minimum atomic E-state index is -0.243. The smallest absolute Gasteiger partial charge is 0.274 e. The van der Waals surface area contributed by atoms with Gasteiger partial charge >= 0.3 is 0 Å². The molecular formula is C31H28ClFN4O2. The van der Waals surface area contributed by atoms with Crippen LogP contribution >= 0.6 is 12.4 Å². The highest BCUT2D eigenvalue weighted by atomic mass is 35.5. The number of pyridine rings is 1. The summed E-state index contributed by atoms with van der Waals surface area (Å²) in [5.41, 5.74) is 7.49. The average Bonchev–Trinajstić information content (AvgIpc) is 3.40. The van der Waals surface area contributed by atoms with Crippen LogP contribution in [-0.4, -0.2) is 18.7 Å². The summed E-state index contributed by atoms with van der Waals surface area (Å²) in [6.45, 7) is 4.96. The van der Waals surface area contributed by atoms with Crippen molar-refractivity contribution in [3.8, 4) is 28.1 Å². The van der Waals surface area contributed by atoms with E-state index in [0.717, 1.165) is 44.8 Å². The molecule has 0 atom stereocenters. The van der Waals surface area contributed by atoms with Crippen LogP contribution in [0.2, 0.25) is 0 Å². The molecule has 0 amide bonds. The lowest BCUT2D eigenvalue weighted by Gasteiger charge is -2.10. The zero-order valence-corrected chi connectivity index (χ0v) is 22.7. The fourth-order valence-corrected chi connectivity index (χ4v) is 5.10. The molecule has 39 heavy (non-hydrogen) atoms. The molecule has 0 saturated carbocycles. The number of ether oxygens (including phenoxy) is 1. The number of imidazole rings is 1. The third-order valence-corrected chi connectivity index (χ3v) is 7.06. The van der Waals surface area contributed by atoms with E-state index in [1.807, 2.05) is 84.7 Å². The molecular weight excluding hydrogens is 515 g/mol. The van der Waals surface area contributed by atoms with Gasteiger partial charge in [-0.15, -0.1) is 12.4 Å². The van der Waals surface area contributed by atoms with Gasteiger partial charge < -0.3 is 4.74 Å². The van der Waals surface area contributed by atoms with E-state index in [0.29, 0.717) is 24.3 Å². The first kappa shape index (κ1) is 26.3. The summed E-state index contributed by atoms with van der Waals surface area (Å²) in [5.74, 6) is 0.446. The van der Waals surface area contributed by atoms with E-state index in [1.165, 1.54) is 12.1 Å². The van der Waals surface area contributed by atoms with E-state index >= 15 is 0 Å². The Labute approximate surface area is 231 Å². The van der Waals surface area contributed by atoms with E-state index in [1.54, 1.807) is 16.8 Å². The lowest BCUT2D eigenvalue weighted by molar-refractivity contribution is 0.308. The molecule has 8 heteroatoms. The summed E-state index contributed by atoms with van der Waals surface area (Å²) in [6.07, 6.45) is 1.98. The Morgan fingerprint density at radius 1 is 0.923 bits per heavy atom. The Balaban J connectivity index is 0.00000308. The highest BCUT2D eigenvalue weighted by Gasteiger charge is 2.17. The number of halogens is 2. The number of benzene rings is 3. The molecule has 0 fully saturated rings. The maximum atomic E-state index is 13.2. The zero-order chi connectivity index (χ0) is 26.4. The van der Waals surface area contributed by atoms with Gasteiger partial charge in [0.15, 0.2) is 11.4 Å². The summed E-state index contributed by atoms with van der Waals surface area (Å²) in [6, 6.07) is 24.3. The molecule has 0 unspecified atom stereocenters. The van der Waals surface area contributed by atoms with E-state index < -0.39 is 0 Å². The summed E-state index contributed by atoms with van der Waals surface area (Å²) in [4.78, 5) is 17.5. The summed E-state index contributed by atoms with van der Waals surface area (Å²) in [7, 11) is 1.91. The van der Waals surface area contributed by atoms with Crippen molar-refractivity contribution in [1.29, 1.82) is 0 Å². The summed E-state index contributed by atoms with van der Waals surface area (Å²) < 4.78 is 25.1. The standard InChI is InChI=1S/C31H27FN4O2.ClH/c1-4-36-31(37)26-16-13-24(18-27(26)34(36)3)29-20(2)33-30-28(6-5-17-35(29)30)38-19-21-7-9-22(10-8-21)23-11-14-25(32)15-12-23;/h5-18H,4,19H2,1-3H3;1H. The highest BCUT2D eigenvalue weighted by Crippen LogP contribution is 2.31. The van der Waals surface area contributed by atoms with Gasteiger partial charge in [0, 0.05) is 25.4 Å². The van der Waals surface area contributed by atoms with Gasteiger partial charge in [0.1, 0.15) is 12.4 Å². The Bertz CT molecular complexity index is 1850. The SMILES string of the molecule is CCn1c(=O)c2ccc(-c3c(C)nc4c(OCc5ccc(-c6ccc(F)cc6)cc5)cccn34)cc2n1C.Cl. The van der Waals surface area contributed by atoms with Crippen LogP contribution in [0.15, 0.2) is 89.9 Å². The molecule has 6 aromatic rings. The predicted molar refractivity (Wildman–Crippen MR) is 155 cm³/mol. The second-order valence-electron chi connectivity index (χ2n) is 9.38. The molecule has 3 aromatic carbocycles. The number of hydrogen-bond acceptors (Lipinski definition) is 3. The van der Waals surface area contributed by atoms with Crippen LogP contribution in [0.25, 0.3) is 38.9 Å². The zero-order valence-electron chi connectivity index (χ0n) is 21.9. The molecule has 0 N–H and O–H groups in total. The number of aryl methyl sites for hydroxylation is 2. The number of hydrogen-bond donors (Lipinski definition) is 0. The molecule has 0 aliphatic rings. The Kier molecular flexibility index (Phi) is 7.02. The van der Waals surface area contributed by atoms with Crippen molar-refractivity contribution in [2.45, 2.75) is 27.0 Å². The van der Waals surface area contributed by atoms with E-state index in [2.05, 4.69) is 6.07 Å². The lowest BCUT2D eigenvalue weighted by Crippen LogP contribution is -2.19. The third-order valence-electron chi connectivity index (χ3n) is 7.06. The van der Waals surface area contributed by atoms with E-state index in [-0.39, 0.29) is 23.8 Å². The molecule has 6 nitrogen and oxygen atoms in total. The number of fused-ring (bicyclic) bond motifs is 2. The summed E-state index contributed by atoms with van der Waals surface area (Å²) >= 11 is 0. The van der Waals surface area contributed by atoms with Crippen LogP contribution in [0, 0.1) is 12.7 Å². The topological polar surface area (TPSA) is 53.5 Å². The van der Waals surface area contributed by atoms with Crippen molar-refractivity contribution < 1.29 is 9.13 Å². The van der Waals surface area contributed by atoms with Gasteiger partial charge in [-0.3, -0.25) is 18.6 Å². The molecule has 0 radical (unpaired) electrons. The van der Waals surface area contributed by atoms with E-state index in [9.17, 15) is 9.18 Å². The van der Waals surface area contributed by atoms with Crippen molar-refractivity contribution in [1.82, 2.24) is 18.7 Å². The van der Waals surface area contributed by atoms with Gasteiger partial charge in [-0.25, -0.2) is 9.37 Å². The first-order valence-corrected chi connectivity index (χ1v) is 12.6. The van der Waals surface area contributed by atoms with Crippen LogP contribution in [0.4, 0.5) is 4.39 Å². The molecule has 0 aliphatic heterocycles. The maximum Gasteiger partial charge on any atom is 0.274 e. The monoisotopic (exact) mass is 542 g/mol. The van der Waals surface area contributed by atoms with Crippen LogP contribution in [0.5, 0.6) is 5.75 Å². The normalized spacial score (nSPS) is 11.2. The summed E-state index contributed by atoms with van der Waals surface area (Å²) in [5, 5.41) is 0.707. The van der Waals surface area contributed by atoms with Gasteiger partial charge in [-0.05, 0) is 66.9 Å². The fraction of sp³-hybridized carbons (Fsp3) is 0.161. The first-order chi connectivity index (χ1) is 18.4. The Hall–Kier alpha value is -4.36. The molecule has 198 valence electrons. The minimum absolute atomic E-state index is 0. The van der Waals surface area contributed by atoms with Crippen LogP contribution in [0.3, 0.4) is 0 Å². The largest absolute Gasteiger partial charge is 0.485 e. The predicted octanol–water partition coefficient (Wildman–Crippen LogP) is 6.79. The molecule has 0 bridgehead atoms. The van der Waals surface area contributed by atoms with Crippen LogP contribution in [0.1, 0.15) is 18.2 Å². The molecule has 0 saturated heterocycles. The number of rotatable bonds is 6. The Morgan fingerprint density at radius 3 is 2.28 bits per heavy atom. The van der Waals surface area contributed by atoms with Crippen molar-refractivity contribution in [3.05, 3.63) is 112 Å². The molecule has 0 aliphatic carbocycles. The van der Waals surface area contributed by atoms with Gasteiger partial charge in [0.25, 0.3) is 5.56 Å². The highest BCUT2D eigenvalue weighted by molar-refractivity contribution is 5.85. The maximum absolute atomic E-state index is 13.2. The van der Waals surface area contributed by atoms with Gasteiger partial charge in [0.2, 0.25) is 0 Å². The van der Waals surface area contributed by atoms with Crippen molar-refractivity contribution >= 4 is 29.0 Å².